The Kier molecular flexibility index (Phi) is 2.88. The van der Waals surface area contributed by atoms with E-state index in [0.717, 1.165) is 19.3 Å². The lowest BCUT2D eigenvalue weighted by molar-refractivity contribution is -0.448. The molecule has 3 unspecified atom stereocenters. The first-order valence-corrected chi connectivity index (χ1v) is 9.59. The number of ketones is 1. The fourth-order valence-electron chi connectivity index (χ4n) is 7.82. The molecule has 138 valence electrons. The average Bonchev–Trinajstić information content (AvgIpc) is 2.75. The molecule has 4 saturated carbocycles. The highest BCUT2D eigenvalue weighted by Crippen LogP contribution is 2.76. The molecule has 5 nitrogen and oxygen atoms in total. The molecule has 0 aromatic heterocycles. The number of Topliss-reactive ketones (excluding diaryl/α,β-unsaturated/α-hetero) is 1. The van der Waals surface area contributed by atoms with Crippen molar-refractivity contribution in [1.82, 2.24) is 0 Å². The Morgan fingerprint density at radius 2 is 1.92 bits per heavy atom. The van der Waals surface area contributed by atoms with E-state index in [0.29, 0.717) is 18.4 Å². The van der Waals surface area contributed by atoms with Gasteiger partial charge in [0.1, 0.15) is 6.10 Å². The summed E-state index contributed by atoms with van der Waals surface area (Å²) < 4.78 is 5.89. The van der Waals surface area contributed by atoms with Gasteiger partial charge < -0.3 is 20.1 Å². The molecule has 0 aromatic rings. The number of aliphatic hydroxyl groups excluding tert-OH is 2. The summed E-state index contributed by atoms with van der Waals surface area (Å²) in [5, 5.41) is 34.0. The molecule has 0 amide bonds. The zero-order chi connectivity index (χ0) is 18.0. The Morgan fingerprint density at radius 1 is 1.20 bits per heavy atom. The van der Waals surface area contributed by atoms with E-state index in [1.807, 2.05) is 0 Å². The van der Waals surface area contributed by atoms with Crippen molar-refractivity contribution in [2.45, 2.75) is 63.9 Å². The van der Waals surface area contributed by atoms with E-state index in [4.69, 9.17) is 4.74 Å². The largest absolute Gasteiger partial charge is 0.392 e. The highest BCUT2D eigenvalue weighted by atomic mass is 16.6. The number of carbonyl (C=O) groups excluding carboxylic acids is 1. The molecule has 0 radical (unpaired) electrons. The molecule has 3 N–H and O–H groups in total. The summed E-state index contributed by atoms with van der Waals surface area (Å²) in [6.45, 7) is 8.41. The van der Waals surface area contributed by atoms with E-state index in [1.165, 1.54) is 0 Å². The third-order valence-corrected chi connectivity index (χ3v) is 8.81. The lowest BCUT2D eigenvalue weighted by Crippen LogP contribution is -2.83. The maximum atomic E-state index is 13.3. The van der Waals surface area contributed by atoms with Gasteiger partial charge in [0, 0.05) is 11.3 Å². The van der Waals surface area contributed by atoms with E-state index < -0.39 is 28.8 Å². The first-order chi connectivity index (χ1) is 11.6. The second kappa shape index (κ2) is 4.38. The van der Waals surface area contributed by atoms with Crippen LogP contribution in [0.5, 0.6) is 0 Å². The summed E-state index contributed by atoms with van der Waals surface area (Å²) in [5.41, 5.74) is -1.48. The van der Waals surface area contributed by atoms with Gasteiger partial charge in [0.15, 0.2) is 5.78 Å². The van der Waals surface area contributed by atoms with Gasteiger partial charge in [-0.25, -0.2) is 0 Å². The molecular formula is C20H28O5. The minimum absolute atomic E-state index is 0.0616. The Labute approximate surface area is 148 Å². The van der Waals surface area contributed by atoms with Crippen molar-refractivity contribution in [3.63, 3.8) is 0 Å². The number of rotatable bonds is 0. The molecule has 0 aromatic carbocycles. The summed E-state index contributed by atoms with van der Waals surface area (Å²) >= 11 is 0. The van der Waals surface area contributed by atoms with Gasteiger partial charge in [0.05, 0.1) is 18.1 Å². The van der Waals surface area contributed by atoms with Crippen LogP contribution in [-0.2, 0) is 9.53 Å². The van der Waals surface area contributed by atoms with E-state index in [2.05, 4.69) is 20.4 Å². The van der Waals surface area contributed by atoms with Crippen LogP contribution < -0.4 is 0 Å². The zero-order valence-electron chi connectivity index (χ0n) is 15.0. The molecule has 2 saturated heterocycles. The molecule has 2 heterocycles. The molecule has 8 atom stereocenters. The van der Waals surface area contributed by atoms with Crippen molar-refractivity contribution in [2.24, 2.45) is 34.0 Å². The van der Waals surface area contributed by atoms with Crippen LogP contribution >= 0.6 is 0 Å². The predicted octanol–water partition coefficient (Wildman–Crippen LogP) is 1.40. The van der Waals surface area contributed by atoms with Crippen molar-refractivity contribution in [3.05, 3.63) is 12.2 Å². The van der Waals surface area contributed by atoms with E-state index in [9.17, 15) is 20.1 Å². The minimum Gasteiger partial charge on any atom is -0.392 e. The molecule has 2 spiro atoms. The van der Waals surface area contributed by atoms with Crippen LogP contribution in [0.3, 0.4) is 0 Å². The molecule has 5 heteroatoms. The number of aliphatic hydroxyl groups is 3. The molecule has 6 rings (SSSR count). The van der Waals surface area contributed by atoms with Gasteiger partial charge in [0.25, 0.3) is 0 Å². The van der Waals surface area contributed by atoms with Crippen LogP contribution in [0.4, 0.5) is 0 Å². The number of carbonyl (C=O) groups is 1. The summed E-state index contributed by atoms with van der Waals surface area (Å²) in [6, 6.07) is 0. The standard InChI is InChI=1S/C20H28O5/c1-10-11-4-5-12-18-9-25-20(24,19(12,8-11)15(10)22)16(23)14(18)17(2,3)7-6-13(18)21/h11-14,16,21,23-24H,1,4-9H2,2-3H3/t11?,12-,13-,14+,16-,18+,19?,20?/m0/s1. The molecule has 4 bridgehead atoms. The first-order valence-electron chi connectivity index (χ1n) is 9.59. The molecule has 4 aliphatic carbocycles. The van der Waals surface area contributed by atoms with Gasteiger partial charge in [-0.2, -0.15) is 0 Å². The highest BCUT2D eigenvalue weighted by Gasteiger charge is 2.84. The van der Waals surface area contributed by atoms with Crippen molar-refractivity contribution in [1.29, 1.82) is 0 Å². The van der Waals surface area contributed by atoms with Crippen molar-refractivity contribution in [3.8, 4) is 0 Å². The average molecular weight is 348 g/mol. The van der Waals surface area contributed by atoms with Crippen LogP contribution in [0.25, 0.3) is 0 Å². The number of allylic oxidation sites excluding steroid dienone is 1. The number of hydrogen-bond acceptors (Lipinski definition) is 5. The molecular weight excluding hydrogens is 320 g/mol. The quantitative estimate of drug-likeness (QED) is 0.576. The summed E-state index contributed by atoms with van der Waals surface area (Å²) in [4.78, 5) is 13.3. The van der Waals surface area contributed by atoms with Crippen LogP contribution in [0.2, 0.25) is 0 Å². The van der Waals surface area contributed by atoms with E-state index in [1.54, 1.807) is 0 Å². The molecule has 6 fully saturated rings. The summed E-state index contributed by atoms with van der Waals surface area (Å²) in [5.74, 6) is -2.39. The van der Waals surface area contributed by atoms with E-state index >= 15 is 0 Å². The molecule has 6 aliphatic rings. The molecule has 25 heavy (non-hydrogen) atoms. The highest BCUT2D eigenvalue weighted by molar-refractivity contribution is 6.04. The van der Waals surface area contributed by atoms with Crippen LogP contribution in [0.1, 0.15) is 46.0 Å². The van der Waals surface area contributed by atoms with Crippen LogP contribution in [-0.4, -0.2) is 45.7 Å². The zero-order valence-corrected chi connectivity index (χ0v) is 15.0. The maximum absolute atomic E-state index is 13.3. The second-order valence-corrected chi connectivity index (χ2v) is 9.92. The number of ether oxygens (including phenoxy) is 1. The lowest BCUT2D eigenvalue weighted by Gasteiger charge is -2.74. The monoisotopic (exact) mass is 348 g/mol. The van der Waals surface area contributed by atoms with Gasteiger partial charge in [-0.15, -0.1) is 0 Å². The minimum atomic E-state index is -1.87. The van der Waals surface area contributed by atoms with Crippen LogP contribution in [0, 0.1) is 34.0 Å². The summed E-state index contributed by atoms with van der Waals surface area (Å²) in [7, 11) is 0. The fourth-order valence-corrected chi connectivity index (χ4v) is 7.82. The van der Waals surface area contributed by atoms with Gasteiger partial charge in [0.2, 0.25) is 5.79 Å². The van der Waals surface area contributed by atoms with Gasteiger partial charge in [-0.3, -0.25) is 4.79 Å². The Hall–Kier alpha value is -0.750. The summed E-state index contributed by atoms with van der Waals surface area (Å²) in [6.07, 6.45) is 1.77. The van der Waals surface area contributed by atoms with Gasteiger partial charge >= 0.3 is 0 Å². The fraction of sp³-hybridized carbons (Fsp3) is 0.850. The topological polar surface area (TPSA) is 87.0 Å². The van der Waals surface area contributed by atoms with E-state index in [-0.39, 0.29) is 35.6 Å². The lowest BCUT2D eigenvalue weighted by atomic mass is 9.36. The van der Waals surface area contributed by atoms with Gasteiger partial charge in [-0.05, 0) is 54.9 Å². The van der Waals surface area contributed by atoms with Crippen molar-refractivity contribution >= 4 is 5.78 Å². The smallest absolute Gasteiger partial charge is 0.205 e. The number of hydrogen-bond donors (Lipinski definition) is 3. The SMILES string of the molecule is C=C1C(=O)C23CC1CC[C@H]2[C@@]12COC3(O)[C@@H](O)[C@@H]1C(C)(C)CC[C@@H]2O. The maximum Gasteiger partial charge on any atom is 0.205 e. The normalized spacial score (nSPS) is 58.8. The Morgan fingerprint density at radius 3 is 2.64 bits per heavy atom. The molecule has 2 aliphatic heterocycles. The number of fused-ring (bicyclic) bond motifs is 2. The van der Waals surface area contributed by atoms with Crippen molar-refractivity contribution < 1.29 is 24.9 Å². The Bertz CT molecular complexity index is 686. The third kappa shape index (κ3) is 1.44. The second-order valence-electron chi connectivity index (χ2n) is 9.92. The van der Waals surface area contributed by atoms with Gasteiger partial charge in [-0.1, -0.05) is 20.4 Å². The Balaban J connectivity index is 1.79. The van der Waals surface area contributed by atoms with Crippen molar-refractivity contribution in [2.75, 3.05) is 6.61 Å². The first kappa shape index (κ1) is 16.4. The predicted molar refractivity (Wildman–Crippen MR) is 89.3 cm³/mol. The van der Waals surface area contributed by atoms with Crippen LogP contribution in [0.15, 0.2) is 12.2 Å². The third-order valence-electron chi connectivity index (χ3n) is 8.81.